The predicted octanol–water partition coefficient (Wildman–Crippen LogP) is 3.80. The summed E-state index contributed by atoms with van der Waals surface area (Å²) in [5.74, 6) is 1.34. The quantitative estimate of drug-likeness (QED) is 0.727. The molecule has 0 aliphatic carbocycles. The first kappa shape index (κ1) is 15.5. The number of hydrogen-bond donors (Lipinski definition) is 0. The van der Waals surface area contributed by atoms with E-state index in [0.717, 1.165) is 37.1 Å². The minimum atomic E-state index is 0.413. The molecule has 2 rings (SSSR count). The lowest BCUT2D eigenvalue weighted by molar-refractivity contribution is 0.111. The maximum absolute atomic E-state index is 11.6. The Morgan fingerprint density at radius 2 is 2.00 bits per heavy atom. The zero-order chi connectivity index (χ0) is 15.4. The highest BCUT2D eigenvalue weighted by Crippen LogP contribution is 2.25. The van der Waals surface area contributed by atoms with Crippen LogP contribution in [0, 0.1) is 5.92 Å². The molecule has 2 aromatic rings. The molecule has 0 aromatic carbocycles. The highest BCUT2D eigenvalue weighted by Gasteiger charge is 2.23. The van der Waals surface area contributed by atoms with Crippen molar-refractivity contribution >= 4 is 17.8 Å². The Hall–Kier alpha value is -1.84. The minimum Gasteiger partial charge on any atom is -0.351 e. The van der Waals surface area contributed by atoms with Gasteiger partial charge in [0.2, 0.25) is 0 Å². The molecule has 21 heavy (non-hydrogen) atoms. The van der Waals surface area contributed by atoms with Crippen LogP contribution >= 0.6 is 0 Å². The number of aromatic nitrogens is 2. The summed E-state index contributed by atoms with van der Waals surface area (Å²) in [5.41, 5.74) is 1.48. The standard InChI is InChI=1S/C17H25N3O/c1-5-14(6-2)20(11-13(3)4)17-15(12-21)19-10-8-7-9-16(19)18-17/h7-10,12-14H,5-6,11H2,1-4H3. The molecule has 0 radical (unpaired) electrons. The second-order valence-electron chi connectivity index (χ2n) is 5.88. The number of carbonyl (C=O) groups excluding carboxylic acids is 1. The van der Waals surface area contributed by atoms with Crippen molar-refractivity contribution in [3.8, 4) is 0 Å². The van der Waals surface area contributed by atoms with Gasteiger partial charge in [-0.15, -0.1) is 0 Å². The molecule has 0 atom stereocenters. The normalized spacial score (nSPS) is 11.5. The molecule has 0 saturated carbocycles. The van der Waals surface area contributed by atoms with Crippen molar-refractivity contribution in [1.29, 1.82) is 0 Å². The van der Waals surface area contributed by atoms with Crippen LogP contribution in [-0.2, 0) is 0 Å². The zero-order valence-corrected chi connectivity index (χ0v) is 13.4. The Balaban J connectivity index is 2.55. The first-order chi connectivity index (χ1) is 10.1. The van der Waals surface area contributed by atoms with Gasteiger partial charge in [-0.3, -0.25) is 9.20 Å². The van der Waals surface area contributed by atoms with Crippen molar-refractivity contribution in [1.82, 2.24) is 9.38 Å². The van der Waals surface area contributed by atoms with E-state index in [-0.39, 0.29) is 0 Å². The van der Waals surface area contributed by atoms with Crippen molar-refractivity contribution < 1.29 is 4.79 Å². The topological polar surface area (TPSA) is 37.6 Å². The fourth-order valence-corrected chi connectivity index (χ4v) is 2.85. The first-order valence-corrected chi connectivity index (χ1v) is 7.81. The second-order valence-corrected chi connectivity index (χ2v) is 5.88. The van der Waals surface area contributed by atoms with Gasteiger partial charge in [-0.05, 0) is 30.9 Å². The molecule has 0 amide bonds. The minimum absolute atomic E-state index is 0.413. The Morgan fingerprint density at radius 1 is 1.29 bits per heavy atom. The predicted molar refractivity (Wildman–Crippen MR) is 87.1 cm³/mol. The van der Waals surface area contributed by atoms with E-state index in [2.05, 4.69) is 32.6 Å². The van der Waals surface area contributed by atoms with Gasteiger partial charge in [0.1, 0.15) is 11.3 Å². The van der Waals surface area contributed by atoms with Crippen LogP contribution in [-0.4, -0.2) is 28.3 Å². The first-order valence-electron chi connectivity index (χ1n) is 7.81. The molecule has 2 heterocycles. The molecule has 4 heteroatoms. The third-order valence-electron chi connectivity index (χ3n) is 3.88. The van der Waals surface area contributed by atoms with E-state index in [1.807, 2.05) is 28.8 Å². The average molecular weight is 287 g/mol. The number of carbonyl (C=O) groups is 1. The van der Waals surface area contributed by atoms with E-state index in [9.17, 15) is 4.79 Å². The van der Waals surface area contributed by atoms with E-state index < -0.39 is 0 Å². The van der Waals surface area contributed by atoms with Crippen LogP contribution in [0.4, 0.5) is 5.82 Å². The fourth-order valence-electron chi connectivity index (χ4n) is 2.85. The average Bonchev–Trinajstić information content (AvgIpc) is 2.85. The number of nitrogens with zero attached hydrogens (tertiary/aromatic N) is 3. The third-order valence-corrected chi connectivity index (χ3v) is 3.88. The van der Waals surface area contributed by atoms with Crippen LogP contribution < -0.4 is 4.90 Å². The Kier molecular flexibility index (Phi) is 4.99. The number of fused-ring (bicyclic) bond motifs is 1. The molecule has 0 saturated heterocycles. The van der Waals surface area contributed by atoms with E-state index in [1.54, 1.807) is 0 Å². The third kappa shape index (κ3) is 3.09. The maximum atomic E-state index is 11.6. The van der Waals surface area contributed by atoms with Gasteiger partial charge in [-0.1, -0.05) is 33.8 Å². The van der Waals surface area contributed by atoms with Crippen LogP contribution in [0.25, 0.3) is 5.65 Å². The van der Waals surface area contributed by atoms with Crippen LogP contribution in [0.3, 0.4) is 0 Å². The summed E-state index contributed by atoms with van der Waals surface area (Å²) >= 11 is 0. The maximum Gasteiger partial charge on any atom is 0.170 e. The monoisotopic (exact) mass is 287 g/mol. The lowest BCUT2D eigenvalue weighted by Gasteiger charge is -2.32. The largest absolute Gasteiger partial charge is 0.351 e. The van der Waals surface area contributed by atoms with E-state index >= 15 is 0 Å². The van der Waals surface area contributed by atoms with E-state index in [1.165, 1.54) is 0 Å². The molecule has 0 aliphatic rings. The lowest BCUT2D eigenvalue weighted by atomic mass is 10.1. The summed E-state index contributed by atoms with van der Waals surface area (Å²) in [7, 11) is 0. The van der Waals surface area contributed by atoms with Crippen LogP contribution in [0.5, 0.6) is 0 Å². The zero-order valence-electron chi connectivity index (χ0n) is 13.4. The molecule has 0 spiro atoms. The van der Waals surface area contributed by atoms with Gasteiger partial charge < -0.3 is 4.90 Å². The summed E-state index contributed by atoms with van der Waals surface area (Å²) in [4.78, 5) is 18.6. The van der Waals surface area contributed by atoms with Crippen molar-refractivity contribution in [2.45, 2.75) is 46.6 Å². The molecule has 2 aromatic heterocycles. The summed E-state index contributed by atoms with van der Waals surface area (Å²) in [6.07, 6.45) is 4.92. The summed E-state index contributed by atoms with van der Waals surface area (Å²) in [6.45, 7) is 9.70. The Bertz CT molecular complexity index is 599. The highest BCUT2D eigenvalue weighted by molar-refractivity contribution is 5.83. The van der Waals surface area contributed by atoms with E-state index in [0.29, 0.717) is 17.7 Å². The number of hydrogen-bond acceptors (Lipinski definition) is 3. The van der Waals surface area contributed by atoms with Crippen LogP contribution in [0.15, 0.2) is 24.4 Å². The smallest absolute Gasteiger partial charge is 0.170 e. The van der Waals surface area contributed by atoms with Crippen LogP contribution in [0.1, 0.15) is 51.0 Å². The van der Waals surface area contributed by atoms with E-state index in [4.69, 9.17) is 4.98 Å². The molecule has 0 bridgehead atoms. The molecule has 114 valence electrons. The lowest BCUT2D eigenvalue weighted by Crippen LogP contribution is -2.38. The molecular weight excluding hydrogens is 262 g/mol. The van der Waals surface area contributed by atoms with Gasteiger partial charge >= 0.3 is 0 Å². The molecule has 0 N–H and O–H groups in total. The van der Waals surface area contributed by atoms with Gasteiger partial charge in [0, 0.05) is 18.8 Å². The molecule has 4 nitrogen and oxygen atoms in total. The number of anilines is 1. The van der Waals surface area contributed by atoms with Gasteiger partial charge in [0.15, 0.2) is 12.1 Å². The van der Waals surface area contributed by atoms with Crippen molar-refractivity contribution in [3.63, 3.8) is 0 Å². The van der Waals surface area contributed by atoms with Gasteiger partial charge in [-0.25, -0.2) is 4.98 Å². The molecular formula is C17H25N3O. The van der Waals surface area contributed by atoms with Crippen molar-refractivity contribution in [3.05, 3.63) is 30.1 Å². The SMILES string of the molecule is CCC(CC)N(CC(C)C)c1nc2ccccn2c1C=O. The number of aldehydes is 1. The number of pyridine rings is 1. The van der Waals surface area contributed by atoms with Gasteiger partial charge in [0.25, 0.3) is 0 Å². The molecule has 0 aliphatic heterocycles. The Morgan fingerprint density at radius 3 is 2.57 bits per heavy atom. The Labute approximate surface area is 126 Å². The van der Waals surface area contributed by atoms with Crippen LogP contribution in [0.2, 0.25) is 0 Å². The molecule has 0 fully saturated rings. The highest BCUT2D eigenvalue weighted by atomic mass is 16.1. The van der Waals surface area contributed by atoms with Gasteiger partial charge in [-0.2, -0.15) is 0 Å². The van der Waals surface area contributed by atoms with Crippen molar-refractivity contribution in [2.75, 3.05) is 11.4 Å². The van der Waals surface area contributed by atoms with Crippen molar-refractivity contribution in [2.24, 2.45) is 5.92 Å². The number of rotatable bonds is 7. The number of imidazole rings is 1. The summed E-state index contributed by atoms with van der Waals surface area (Å²) in [5, 5.41) is 0. The second kappa shape index (κ2) is 6.74. The summed E-state index contributed by atoms with van der Waals surface area (Å²) in [6, 6.07) is 6.23. The fraction of sp³-hybridized carbons (Fsp3) is 0.529. The molecule has 0 unspecified atom stereocenters. The summed E-state index contributed by atoms with van der Waals surface area (Å²) < 4.78 is 1.87. The van der Waals surface area contributed by atoms with Gasteiger partial charge in [0.05, 0.1) is 0 Å².